The van der Waals surface area contributed by atoms with Crippen molar-refractivity contribution < 1.29 is 0 Å². The summed E-state index contributed by atoms with van der Waals surface area (Å²) in [6.45, 7) is 2.55. The molecule has 0 unspecified atom stereocenters. The van der Waals surface area contributed by atoms with Crippen LogP contribution >= 0.6 is 0 Å². The zero-order chi connectivity index (χ0) is 13.2. The zero-order valence-corrected chi connectivity index (χ0v) is 10.3. The number of hydrogen-bond acceptors (Lipinski definition) is 5. The van der Waals surface area contributed by atoms with Crippen LogP contribution in [0.4, 0.5) is 5.82 Å². The number of hydrogen-bond donors (Lipinski definition) is 2. The van der Waals surface area contributed by atoms with E-state index in [1.165, 1.54) is 4.52 Å². The van der Waals surface area contributed by atoms with Crippen molar-refractivity contribution >= 4 is 11.5 Å². The van der Waals surface area contributed by atoms with E-state index < -0.39 is 0 Å². The van der Waals surface area contributed by atoms with E-state index in [0.29, 0.717) is 18.0 Å². The Kier molecular flexibility index (Phi) is 2.71. The quantitative estimate of drug-likeness (QED) is 0.721. The number of H-pyrrole nitrogens is 1. The van der Waals surface area contributed by atoms with Gasteiger partial charge >= 0.3 is 5.69 Å². The van der Waals surface area contributed by atoms with E-state index in [9.17, 15) is 4.79 Å². The summed E-state index contributed by atoms with van der Waals surface area (Å²) in [5.41, 5.74) is 2.19. The molecular formula is C12H12N6O. The lowest BCUT2D eigenvalue weighted by Crippen LogP contribution is -2.14. The van der Waals surface area contributed by atoms with Crippen LogP contribution in [0, 0.1) is 6.92 Å². The fourth-order valence-electron chi connectivity index (χ4n) is 1.77. The van der Waals surface area contributed by atoms with E-state index in [2.05, 4.69) is 25.6 Å². The Morgan fingerprint density at radius 2 is 2.26 bits per heavy atom. The summed E-state index contributed by atoms with van der Waals surface area (Å²) in [6, 6.07) is 7.39. The second-order valence-electron chi connectivity index (χ2n) is 4.14. The van der Waals surface area contributed by atoms with E-state index in [1.807, 2.05) is 19.1 Å². The van der Waals surface area contributed by atoms with Gasteiger partial charge in [0.2, 0.25) is 0 Å². The summed E-state index contributed by atoms with van der Waals surface area (Å²) in [6.07, 6.45) is 1.75. The van der Waals surface area contributed by atoms with E-state index in [4.69, 9.17) is 0 Å². The number of aryl methyl sites for hydroxylation is 1. The minimum Gasteiger partial charge on any atom is -0.363 e. The first-order valence-electron chi connectivity index (χ1n) is 5.83. The van der Waals surface area contributed by atoms with Crippen LogP contribution in [0.2, 0.25) is 0 Å². The van der Waals surface area contributed by atoms with Gasteiger partial charge in [0, 0.05) is 6.20 Å². The summed E-state index contributed by atoms with van der Waals surface area (Å²) in [4.78, 5) is 15.7. The zero-order valence-electron chi connectivity index (χ0n) is 10.3. The maximum absolute atomic E-state index is 11.4. The minimum atomic E-state index is -0.354. The van der Waals surface area contributed by atoms with E-state index in [1.54, 1.807) is 18.3 Å². The van der Waals surface area contributed by atoms with Gasteiger partial charge in [-0.15, -0.1) is 5.10 Å². The molecule has 0 aliphatic carbocycles. The number of aromatic nitrogens is 5. The van der Waals surface area contributed by atoms with E-state index in [0.717, 1.165) is 11.3 Å². The molecule has 7 nitrogen and oxygen atoms in total. The number of nitrogens with one attached hydrogen (secondary N) is 2. The van der Waals surface area contributed by atoms with Crippen LogP contribution < -0.4 is 11.0 Å². The third-order valence-corrected chi connectivity index (χ3v) is 2.83. The molecule has 3 rings (SSSR count). The first-order valence-corrected chi connectivity index (χ1v) is 5.83. The largest absolute Gasteiger partial charge is 0.364 e. The molecule has 96 valence electrons. The molecule has 0 spiro atoms. The van der Waals surface area contributed by atoms with Gasteiger partial charge in [-0.1, -0.05) is 6.07 Å². The topological polar surface area (TPSA) is 88.0 Å². The second-order valence-corrected chi connectivity index (χ2v) is 4.14. The van der Waals surface area contributed by atoms with Gasteiger partial charge in [-0.3, -0.25) is 4.98 Å². The van der Waals surface area contributed by atoms with Gasteiger partial charge in [-0.05, 0) is 30.7 Å². The van der Waals surface area contributed by atoms with E-state index in [-0.39, 0.29) is 5.69 Å². The number of pyridine rings is 1. The van der Waals surface area contributed by atoms with Gasteiger partial charge < -0.3 is 5.32 Å². The molecule has 0 fully saturated rings. The smallest absolute Gasteiger partial charge is 0.363 e. The highest BCUT2D eigenvalue weighted by molar-refractivity contribution is 5.43. The highest BCUT2D eigenvalue weighted by Gasteiger charge is 2.03. The Hall–Kier alpha value is -2.70. The average molecular weight is 256 g/mol. The standard InChI is InChI=1S/C12H12N6O/c1-8-3-2-6-13-9(8)7-14-10-4-5-11-15-16-12(19)18(11)17-10/h2-6H,7H2,1H3,(H,14,17)(H,16,19). The maximum atomic E-state index is 11.4. The van der Waals surface area contributed by atoms with Crippen LogP contribution in [0.1, 0.15) is 11.3 Å². The molecule has 19 heavy (non-hydrogen) atoms. The fraction of sp³-hybridized carbons (Fsp3) is 0.167. The van der Waals surface area contributed by atoms with Crippen LogP contribution in [0.15, 0.2) is 35.3 Å². The average Bonchev–Trinajstić information content (AvgIpc) is 2.79. The number of anilines is 1. The van der Waals surface area contributed by atoms with Crippen molar-refractivity contribution in [3.8, 4) is 0 Å². The fourth-order valence-corrected chi connectivity index (χ4v) is 1.77. The van der Waals surface area contributed by atoms with Crippen LogP contribution in [-0.4, -0.2) is 24.8 Å². The lowest BCUT2D eigenvalue weighted by atomic mass is 10.2. The summed E-state index contributed by atoms with van der Waals surface area (Å²) in [5.74, 6) is 0.598. The SMILES string of the molecule is Cc1cccnc1CNc1ccc2n[nH]c(=O)n2n1. The molecule has 0 amide bonds. The first kappa shape index (κ1) is 11.4. The normalized spacial score (nSPS) is 10.8. The van der Waals surface area contributed by atoms with Crippen LogP contribution in [0.3, 0.4) is 0 Å². The Balaban J connectivity index is 1.84. The third-order valence-electron chi connectivity index (χ3n) is 2.83. The number of aromatic amines is 1. The molecule has 7 heteroatoms. The lowest BCUT2D eigenvalue weighted by Gasteiger charge is -2.06. The van der Waals surface area contributed by atoms with Crippen LogP contribution in [-0.2, 0) is 6.54 Å². The lowest BCUT2D eigenvalue weighted by molar-refractivity contribution is 0.871. The molecule has 0 radical (unpaired) electrons. The van der Waals surface area contributed by atoms with Crippen molar-refractivity contribution in [2.45, 2.75) is 13.5 Å². The van der Waals surface area contributed by atoms with Crippen molar-refractivity contribution in [1.29, 1.82) is 0 Å². The highest BCUT2D eigenvalue weighted by Crippen LogP contribution is 2.07. The molecule has 3 heterocycles. The minimum absolute atomic E-state index is 0.354. The molecule has 0 bridgehead atoms. The molecule has 0 atom stereocenters. The van der Waals surface area contributed by atoms with E-state index >= 15 is 0 Å². The number of rotatable bonds is 3. The Labute approximate surface area is 108 Å². The summed E-state index contributed by atoms with van der Waals surface area (Å²) >= 11 is 0. The summed E-state index contributed by atoms with van der Waals surface area (Å²) < 4.78 is 1.22. The first-order chi connectivity index (χ1) is 9.24. The molecule has 0 saturated carbocycles. The second kappa shape index (κ2) is 4.52. The predicted molar refractivity (Wildman–Crippen MR) is 69.9 cm³/mol. The Morgan fingerprint density at radius 3 is 3.11 bits per heavy atom. The van der Waals surface area contributed by atoms with Gasteiger partial charge in [-0.2, -0.15) is 9.61 Å². The van der Waals surface area contributed by atoms with Gasteiger partial charge in [-0.25, -0.2) is 9.89 Å². The monoisotopic (exact) mass is 256 g/mol. The number of nitrogens with zero attached hydrogens (tertiary/aromatic N) is 4. The van der Waals surface area contributed by atoms with Crippen molar-refractivity contribution in [2.24, 2.45) is 0 Å². The molecule has 0 aliphatic rings. The van der Waals surface area contributed by atoms with Gasteiger partial charge in [0.1, 0.15) is 5.82 Å². The molecular weight excluding hydrogens is 244 g/mol. The Morgan fingerprint density at radius 1 is 1.37 bits per heavy atom. The maximum Gasteiger partial charge on any atom is 0.364 e. The summed E-state index contributed by atoms with van der Waals surface area (Å²) in [5, 5.41) is 13.4. The molecule has 0 saturated heterocycles. The van der Waals surface area contributed by atoms with Crippen molar-refractivity contribution in [2.75, 3.05) is 5.32 Å². The molecule has 0 aliphatic heterocycles. The third kappa shape index (κ3) is 2.17. The van der Waals surface area contributed by atoms with Crippen molar-refractivity contribution in [3.63, 3.8) is 0 Å². The predicted octanol–water partition coefficient (Wildman–Crippen LogP) is 0.733. The van der Waals surface area contributed by atoms with Gasteiger partial charge in [0.25, 0.3) is 0 Å². The molecule has 3 aromatic heterocycles. The van der Waals surface area contributed by atoms with Gasteiger partial charge in [0.15, 0.2) is 5.65 Å². The molecule has 0 aromatic carbocycles. The Bertz CT molecular complexity index is 775. The molecule has 2 N–H and O–H groups in total. The van der Waals surface area contributed by atoms with Crippen LogP contribution in [0.5, 0.6) is 0 Å². The van der Waals surface area contributed by atoms with Gasteiger partial charge in [0.05, 0.1) is 12.2 Å². The van der Waals surface area contributed by atoms with Crippen molar-refractivity contribution in [3.05, 3.63) is 52.2 Å². The summed E-state index contributed by atoms with van der Waals surface area (Å²) in [7, 11) is 0. The van der Waals surface area contributed by atoms with Crippen molar-refractivity contribution in [1.82, 2.24) is 24.8 Å². The number of fused-ring (bicyclic) bond motifs is 1. The van der Waals surface area contributed by atoms with Crippen LogP contribution in [0.25, 0.3) is 5.65 Å². The molecule has 3 aromatic rings. The highest BCUT2D eigenvalue weighted by atomic mass is 16.2.